The minimum Gasteiger partial charge on any atom is -0.481 e. The van der Waals surface area contributed by atoms with E-state index in [0.29, 0.717) is 18.7 Å². The summed E-state index contributed by atoms with van der Waals surface area (Å²) in [6.07, 6.45) is -0.0353. The molecule has 0 spiro atoms. The summed E-state index contributed by atoms with van der Waals surface area (Å²) in [5.41, 5.74) is 1.42. The smallest absolute Gasteiger partial charge is 0.307 e. The Hall–Kier alpha value is -1.88. The second kappa shape index (κ2) is 4.97. The molecule has 1 N–H and O–H groups in total. The topological polar surface area (TPSA) is 66.8 Å². The van der Waals surface area contributed by atoms with Crippen molar-refractivity contribution in [2.24, 2.45) is 0 Å². The fourth-order valence-electron chi connectivity index (χ4n) is 1.80. The average Bonchev–Trinajstić information content (AvgIpc) is 2.29. The molecular weight excluding hydrogens is 222 g/mol. The minimum absolute atomic E-state index is 0.0353. The third kappa shape index (κ3) is 2.82. The Balaban J connectivity index is 2.19. The molecule has 0 aromatic heterocycles. The van der Waals surface area contributed by atoms with E-state index in [1.807, 2.05) is 0 Å². The summed E-state index contributed by atoms with van der Waals surface area (Å²) in [5, 5.41) is 8.72. The predicted octanol–water partition coefficient (Wildman–Crippen LogP) is 0.677. The SMILES string of the molecule is O=C(O)Cc1cccc(N2CCOCC2=O)c1. The van der Waals surface area contributed by atoms with Gasteiger partial charge in [-0.15, -0.1) is 0 Å². The first kappa shape index (κ1) is 11.6. The van der Waals surface area contributed by atoms with Gasteiger partial charge in [0, 0.05) is 12.2 Å². The Kier molecular flexibility index (Phi) is 3.39. The van der Waals surface area contributed by atoms with Crippen LogP contribution in [-0.4, -0.2) is 36.7 Å². The molecule has 90 valence electrons. The molecule has 1 heterocycles. The number of carbonyl (C=O) groups is 2. The van der Waals surface area contributed by atoms with Crippen molar-refractivity contribution in [2.75, 3.05) is 24.7 Å². The van der Waals surface area contributed by atoms with E-state index in [-0.39, 0.29) is 18.9 Å². The maximum atomic E-state index is 11.6. The summed E-state index contributed by atoms with van der Waals surface area (Å²) >= 11 is 0. The number of morpholine rings is 1. The number of nitrogens with zero attached hydrogens (tertiary/aromatic N) is 1. The minimum atomic E-state index is -0.879. The fraction of sp³-hybridized carbons (Fsp3) is 0.333. The number of carbonyl (C=O) groups excluding carboxylic acids is 1. The molecule has 0 saturated carbocycles. The molecule has 5 nitrogen and oxygen atoms in total. The van der Waals surface area contributed by atoms with E-state index < -0.39 is 5.97 Å². The van der Waals surface area contributed by atoms with E-state index in [1.54, 1.807) is 29.2 Å². The number of benzene rings is 1. The Bertz CT molecular complexity index is 444. The van der Waals surface area contributed by atoms with Crippen molar-refractivity contribution in [3.05, 3.63) is 29.8 Å². The molecular formula is C12H13NO4. The van der Waals surface area contributed by atoms with Crippen LogP contribution in [0.2, 0.25) is 0 Å². The van der Waals surface area contributed by atoms with Crippen molar-refractivity contribution in [1.29, 1.82) is 0 Å². The van der Waals surface area contributed by atoms with Gasteiger partial charge >= 0.3 is 5.97 Å². The van der Waals surface area contributed by atoms with Crippen molar-refractivity contribution in [2.45, 2.75) is 6.42 Å². The summed E-state index contributed by atoms with van der Waals surface area (Å²) in [5.74, 6) is -0.973. The van der Waals surface area contributed by atoms with Crippen LogP contribution in [0.25, 0.3) is 0 Å². The fourth-order valence-corrected chi connectivity index (χ4v) is 1.80. The van der Waals surface area contributed by atoms with E-state index >= 15 is 0 Å². The summed E-state index contributed by atoms with van der Waals surface area (Å²) < 4.78 is 5.04. The van der Waals surface area contributed by atoms with E-state index in [0.717, 1.165) is 5.69 Å². The highest BCUT2D eigenvalue weighted by molar-refractivity contribution is 5.95. The third-order valence-corrected chi connectivity index (χ3v) is 2.56. The van der Waals surface area contributed by atoms with Gasteiger partial charge in [-0.2, -0.15) is 0 Å². The first-order valence-corrected chi connectivity index (χ1v) is 5.35. The summed E-state index contributed by atoms with van der Waals surface area (Å²) in [6.45, 7) is 1.10. The van der Waals surface area contributed by atoms with Crippen LogP contribution in [0.3, 0.4) is 0 Å². The van der Waals surface area contributed by atoms with Gasteiger partial charge in [-0.3, -0.25) is 9.59 Å². The molecule has 1 fully saturated rings. The van der Waals surface area contributed by atoms with Crippen molar-refractivity contribution in [1.82, 2.24) is 0 Å². The highest BCUT2D eigenvalue weighted by Crippen LogP contribution is 2.18. The number of rotatable bonds is 3. The molecule has 1 aliphatic rings. The van der Waals surface area contributed by atoms with Gasteiger partial charge in [0.05, 0.1) is 13.0 Å². The molecule has 5 heteroatoms. The Morgan fingerprint density at radius 2 is 2.29 bits per heavy atom. The van der Waals surface area contributed by atoms with Crippen LogP contribution in [0, 0.1) is 0 Å². The Labute approximate surface area is 98.6 Å². The first-order valence-electron chi connectivity index (χ1n) is 5.35. The van der Waals surface area contributed by atoms with Crippen LogP contribution in [0.1, 0.15) is 5.56 Å². The molecule has 0 unspecified atom stereocenters. The van der Waals surface area contributed by atoms with Crippen LogP contribution in [-0.2, 0) is 20.7 Å². The van der Waals surface area contributed by atoms with Crippen LogP contribution >= 0.6 is 0 Å². The number of ether oxygens (including phenoxy) is 1. The van der Waals surface area contributed by atoms with Crippen molar-refractivity contribution in [3.63, 3.8) is 0 Å². The molecule has 1 aromatic carbocycles. The number of hydrogen-bond donors (Lipinski definition) is 1. The lowest BCUT2D eigenvalue weighted by Crippen LogP contribution is -2.41. The lowest BCUT2D eigenvalue weighted by molar-refractivity contribution is -0.136. The zero-order valence-corrected chi connectivity index (χ0v) is 9.26. The van der Waals surface area contributed by atoms with Crippen LogP contribution in [0.4, 0.5) is 5.69 Å². The van der Waals surface area contributed by atoms with Gasteiger partial charge < -0.3 is 14.7 Å². The van der Waals surface area contributed by atoms with Crippen LogP contribution in [0.5, 0.6) is 0 Å². The predicted molar refractivity (Wildman–Crippen MR) is 61.0 cm³/mol. The second-order valence-electron chi connectivity index (χ2n) is 3.84. The lowest BCUT2D eigenvalue weighted by Gasteiger charge is -2.27. The highest BCUT2D eigenvalue weighted by atomic mass is 16.5. The Morgan fingerprint density at radius 1 is 1.47 bits per heavy atom. The highest BCUT2D eigenvalue weighted by Gasteiger charge is 2.20. The number of carboxylic acids is 1. The Morgan fingerprint density at radius 3 is 3.00 bits per heavy atom. The zero-order valence-electron chi connectivity index (χ0n) is 9.26. The summed E-state index contributed by atoms with van der Waals surface area (Å²) in [7, 11) is 0. The molecule has 2 rings (SSSR count). The summed E-state index contributed by atoms with van der Waals surface area (Å²) in [4.78, 5) is 23.9. The van der Waals surface area contributed by atoms with Gasteiger partial charge in [-0.1, -0.05) is 12.1 Å². The van der Waals surface area contributed by atoms with Crippen LogP contribution in [0.15, 0.2) is 24.3 Å². The maximum Gasteiger partial charge on any atom is 0.307 e. The molecule has 0 bridgehead atoms. The molecule has 0 aliphatic carbocycles. The molecule has 1 aromatic rings. The van der Waals surface area contributed by atoms with E-state index in [2.05, 4.69) is 0 Å². The van der Waals surface area contributed by atoms with Gasteiger partial charge in [0.2, 0.25) is 0 Å². The second-order valence-corrected chi connectivity index (χ2v) is 3.84. The van der Waals surface area contributed by atoms with Gasteiger partial charge in [0.1, 0.15) is 6.61 Å². The molecule has 0 radical (unpaired) electrons. The monoisotopic (exact) mass is 235 g/mol. The quantitative estimate of drug-likeness (QED) is 0.836. The van der Waals surface area contributed by atoms with Crippen molar-refractivity contribution in [3.8, 4) is 0 Å². The first-order chi connectivity index (χ1) is 8.16. The van der Waals surface area contributed by atoms with Gasteiger partial charge in [-0.25, -0.2) is 0 Å². The van der Waals surface area contributed by atoms with Crippen molar-refractivity contribution < 1.29 is 19.4 Å². The number of hydrogen-bond acceptors (Lipinski definition) is 3. The van der Waals surface area contributed by atoms with E-state index in [1.165, 1.54) is 0 Å². The van der Waals surface area contributed by atoms with Crippen molar-refractivity contribution >= 4 is 17.6 Å². The lowest BCUT2D eigenvalue weighted by atomic mass is 10.1. The molecule has 1 amide bonds. The summed E-state index contributed by atoms with van der Waals surface area (Å²) in [6, 6.07) is 7.03. The molecule has 1 saturated heterocycles. The number of aliphatic carboxylic acids is 1. The number of carboxylic acid groups (broad SMARTS) is 1. The largest absolute Gasteiger partial charge is 0.481 e. The van der Waals surface area contributed by atoms with E-state index in [4.69, 9.17) is 9.84 Å². The third-order valence-electron chi connectivity index (χ3n) is 2.56. The average molecular weight is 235 g/mol. The van der Waals surface area contributed by atoms with Gasteiger partial charge in [-0.05, 0) is 17.7 Å². The number of anilines is 1. The zero-order chi connectivity index (χ0) is 12.3. The van der Waals surface area contributed by atoms with Crippen LogP contribution < -0.4 is 4.90 Å². The maximum absolute atomic E-state index is 11.6. The molecule has 17 heavy (non-hydrogen) atoms. The normalized spacial score (nSPS) is 16.0. The van der Waals surface area contributed by atoms with Gasteiger partial charge in [0.15, 0.2) is 0 Å². The number of amides is 1. The molecule has 0 atom stereocenters. The standard InChI is InChI=1S/C12H13NO4/c14-11-8-17-5-4-13(11)10-3-1-2-9(6-10)7-12(15)16/h1-3,6H,4-5,7-8H2,(H,15,16). The van der Waals surface area contributed by atoms with Gasteiger partial charge in [0.25, 0.3) is 5.91 Å². The van der Waals surface area contributed by atoms with E-state index in [9.17, 15) is 9.59 Å². The molecule has 1 aliphatic heterocycles.